The van der Waals surface area contributed by atoms with Crippen LogP contribution in [-0.2, 0) is 16.0 Å². The van der Waals surface area contributed by atoms with E-state index >= 15 is 0 Å². The van der Waals surface area contributed by atoms with E-state index in [0.29, 0.717) is 22.4 Å². The van der Waals surface area contributed by atoms with Crippen molar-refractivity contribution in [1.82, 2.24) is 0 Å². The number of anilines is 2. The van der Waals surface area contributed by atoms with Crippen LogP contribution >= 0.6 is 0 Å². The Balaban J connectivity index is 1.89. The van der Waals surface area contributed by atoms with Crippen molar-refractivity contribution in [3.63, 3.8) is 0 Å². The van der Waals surface area contributed by atoms with E-state index in [1.807, 2.05) is 6.07 Å². The molecule has 188 valence electrons. The summed E-state index contributed by atoms with van der Waals surface area (Å²) in [6, 6.07) is 16.6. The van der Waals surface area contributed by atoms with Gasteiger partial charge in [0.25, 0.3) is 5.69 Å². The average molecular weight is 493 g/mol. The minimum atomic E-state index is -0.967. The van der Waals surface area contributed by atoms with Crippen LogP contribution in [0.3, 0.4) is 0 Å². The number of nitrogens with two attached hydrogens (primary N) is 1. The summed E-state index contributed by atoms with van der Waals surface area (Å²) in [5.41, 5.74) is 7.33. The van der Waals surface area contributed by atoms with Crippen molar-refractivity contribution in [2.24, 2.45) is 5.73 Å². The molecule has 0 unspecified atom stereocenters. The Bertz CT molecular complexity index is 1250. The Morgan fingerprint density at radius 3 is 2.25 bits per heavy atom. The molecule has 10 nitrogen and oxygen atoms in total. The van der Waals surface area contributed by atoms with Crippen molar-refractivity contribution in [3.8, 4) is 16.9 Å². The van der Waals surface area contributed by atoms with E-state index in [4.69, 9.17) is 10.5 Å². The lowest BCUT2D eigenvalue weighted by Crippen LogP contribution is -2.37. The monoisotopic (exact) mass is 492 g/mol. The molecule has 0 aliphatic carbocycles. The number of benzene rings is 3. The summed E-state index contributed by atoms with van der Waals surface area (Å²) in [6.45, 7) is 5.15. The number of carbonyl (C=O) groups is 2. The molecule has 0 spiro atoms. The third-order valence-corrected chi connectivity index (χ3v) is 5.07. The standard InChI is InChI=1S/C26H28N4O6/c1-26(2,3)36-25(33)29-23-21(31)14-13-20(22(23)17-7-5-4-6-8-17)28-24(32)19(27)15-16-9-11-18(12-10-16)30(34)35/h4-14,19,31H,15,27H2,1-3H3,(H,28,32)(H,29,33)/t19-/m1/s1. The van der Waals surface area contributed by atoms with Gasteiger partial charge in [-0.3, -0.25) is 20.2 Å². The summed E-state index contributed by atoms with van der Waals surface area (Å²) in [7, 11) is 0. The number of carbonyl (C=O) groups excluding carboxylic acids is 2. The molecule has 0 radical (unpaired) electrons. The van der Waals surface area contributed by atoms with Crippen LogP contribution in [0.25, 0.3) is 11.1 Å². The maximum atomic E-state index is 13.0. The Labute approximate surface area is 208 Å². The van der Waals surface area contributed by atoms with Crippen LogP contribution in [-0.4, -0.2) is 33.7 Å². The maximum Gasteiger partial charge on any atom is 0.412 e. The van der Waals surface area contributed by atoms with Crippen molar-refractivity contribution in [2.75, 3.05) is 10.6 Å². The molecule has 3 aromatic carbocycles. The molecule has 0 bridgehead atoms. The van der Waals surface area contributed by atoms with Gasteiger partial charge in [-0.25, -0.2) is 4.79 Å². The van der Waals surface area contributed by atoms with Crippen LogP contribution in [0.1, 0.15) is 26.3 Å². The largest absolute Gasteiger partial charge is 0.506 e. The molecule has 1 atom stereocenters. The first-order valence-corrected chi connectivity index (χ1v) is 11.2. The van der Waals surface area contributed by atoms with Gasteiger partial charge in [-0.1, -0.05) is 42.5 Å². The van der Waals surface area contributed by atoms with Crippen LogP contribution in [0, 0.1) is 10.1 Å². The summed E-state index contributed by atoms with van der Waals surface area (Å²) in [6.07, 6.45) is -0.626. The number of phenolic OH excluding ortho intramolecular Hbond substituents is 1. The number of nitrogens with one attached hydrogen (secondary N) is 2. The van der Waals surface area contributed by atoms with E-state index in [0.717, 1.165) is 0 Å². The number of ether oxygens (including phenoxy) is 1. The highest BCUT2D eigenvalue weighted by molar-refractivity contribution is 6.04. The SMILES string of the molecule is CC(C)(C)OC(=O)Nc1c(O)ccc(NC(=O)[C@H](N)Cc2ccc([N+](=O)[O-])cc2)c1-c1ccccc1. The molecule has 0 aliphatic rings. The number of hydrogen-bond acceptors (Lipinski definition) is 7. The van der Waals surface area contributed by atoms with E-state index in [1.54, 1.807) is 57.2 Å². The normalized spacial score (nSPS) is 11.9. The van der Waals surface area contributed by atoms with Gasteiger partial charge in [0, 0.05) is 17.7 Å². The van der Waals surface area contributed by atoms with Gasteiger partial charge in [-0.2, -0.15) is 0 Å². The van der Waals surface area contributed by atoms with E-state index in [-0.39, 0.29) is 23.5 Å². The Morgan fingerprint density at radius 2 is 1.67 bits per heavy atom. The van der Waals surface area contributed by atoms with Crippen molar-refractivity contribution < 1.29 is 24.4 Å². The van der Waals surface area contributed by atoms with Crippen molar-refractivity contribution in [2.45, 2.75) is 38.8 Å². The van der Waals surface area contributed by atoms with Gasteiger partial charge in [-0.15, -0.1) is 0 Å². The molecule has 0 saturated heterocycles. The number of hydrogen-bond donors (Lipinski definition) is 4. The first kappa shape index (κ1) is 26.2. The van der Waals surface area contributed by atoms with Gasteiger partial charge >= 0.3 is 6.09 Å². The predicted octanol–water partition coefficient (Wildman–Crippen LogP) is 4.82. The second kappa shape index (κ2) is 10.9. The minimum Gasteiger partial charge on any atom is -0.506 e. The van der Waals surface area contributed by atoms with Gasteiger partial charge in [-0.05, 0) is 50.5 Å². The number of aromatic hydroxyl groups is 1. The van der Waals surface area contributed by atoms with E-state index in [1.165, 1.54) is 24.3 Å². The second-order valence-electron chi connectivity index (χ2n) is 9.10. The number of nitrogens with zero attached hydrogens (tertiary/aromatic N) is 1. The highest BCUT2D eigenvalue weighted by Gasteiger charge is 2.23. The molecule has 3 aromatic rings. The summed E-state index contributed by atoms with van der Waals surface area (Å²) >= 11 is 0. The van der Waals surface area contributed by atoms with Gasteiger partial charge in [0.1, 0.15) is 11.4 Å². The zero-order valence-corrected chi connectivity index (χ0v) is 20.1. The van der Waals surface area contributed by atoms with Crippen molar-refractivity contribution >= 4 is 29.1 Å². The number of rotatable bonds is 7. The number of phenols is 1. The average Bonchev–Trinajstić information content (AvgIpc) is 2.81. The van der Waals surface area contributed by atoms with E-state index in [2.05, 4.69) is 10.6 Å². The fourth-order valence-corrected chi connectivity index (χ4v) is 3.46. The first-order valence-electron chi connectivity index (χ1n) is 11.2. The van der Waals surface area contributed by atoms with Crippen molar-refractivity contribution in [3.05, 3.63) is 82.4 Å². The number of nitro groups is 1. The summed E-state index contributed by atoms with van der Waals surface area (Å²) in [5, 5.41) is 26.8. The Morgan fingerprint density at radius 1 is 1.03 bits per heavy atom. The molecule has 0 heterocycles. The molecule has 0 fully saturated rings. The molecule has 10 heteroatoms. The second-order valence-corrected chi connectivity index (χ2v) is 9.10. The highest BCUT2D eigenvalue weighted by atomic mass is 16.6. The summed E-state index contributed by atoms with van der Waals surface area (Å²) < 4.78 is 5.33. The Kier molecular flexibility index (Phi) is 7.90. The molecule has 0 saturated carbocycles. The minimum absolute atomic E-state index is 0.0571. The molecule has 0 aliphatic heterocycles. The third-order valence-electron chi connectivity index (χ3n) is 5.07. The maximum absolute atomic E-state index is 13.0. The van der Waals surface area contributed by atoms with Gasteiger partial charge in [0.05, 0.1) is 22.3 Å². The van der Waals surface area contributed by atoms with Crippen LogP contribution in [0.5, 0.6) is 5.75 Å². The van der Waals surface area contributed by atoms with Crippen LogP contribution in [0.2, 0.25) is 0 Å². The topological polar surface area (TPSA) is 157 Å². The molecule has 5 N–H and O–H groups in total. The quantitative estimate of drug-likeness (QED) is 0.159. The lowest BCUT2D eigenvalue weighted by Gasteiger charge is -2.22. The molecule has 36 heavy (non-hydrogen) atoms. The van der Waals surface area contributed by atoms with Gasteiger partial charge in [0.2, 0.25) is 5.91 Å². The smallest absolute Gasteiger partial charge is 0.412 e. The van der Waals surface area contributed by atoms with E-state index < -0.39 is 28.6 Å². The van der Waals surface area contributed by atoms with Gasteiger partial charge < -0.3 is 20.9 Å². The first-order chi connectivity index (χ1) is 16.9. The number of nitro benzene ring substituents is 1. The molecule has 0 aromatic heterocycles. The molecular weight excluding hydrogens is 464 g/mol. The summed E-state index contributed by atoms with van der Waals surface area (Å²) in [4.78, 5) is 35.8. The highest BCUT2D eigenvalue weighted by Crippen LogP contribution is 2.41. The molecule has 2 amide bonds. The van der Waals surface area contributed by atoms with Gasteiger partial charge in [0.15, 0.2) is 0 Å². The number of non-ortho nitro benzene ring substituents is 1. The number of amides is 2. The zero-order chi connectivity index (χ0) is 26.5. The third kappa shape index (κ3) is 6.80. The van der Waals surface area contributed by atoms with Crippen LogP contribution in [0.15, 0.2) is 66.7 Å². The molecular formula is C26H28N4O6. The van der Waals surface area contributed by atoms with E-state index in [9.17, 15) is 24.8 Å². The molecule has 3 rings (SSSR count). The lowest BCUT2D eigenvalue weighted by atomic mass is 9.99. The van der Waals surface area contributed by atoms with Crippen LogP contribution < -0.4 is 16.4 Å². The fourth-order valence-electron chi connectivity index (χ4n) is 3.46. The predicted molar refractivity (Wildman–Crippen MR) is 137 cm³/mol. The van der Waals surface area contributed by atoms with Crippen molar-refractivity contribution in [1.29, 1.82) is 0 Å². The summed E-state index contributed by atoms with van der Waals surface area (Å²) in [5.74, 6) is -0.729. The lowest BCUT2D eigenvalue weighted by molar-refractivity contribution is -0.384. The Hall–Kier alpha value is -4.44. The van der Waals surface area contributed by atoms with Crippen LogP contribution in [0.4, 0.5) is 21.9 Å². The fraction of sp³-hybridized carbons (Fsp3) is 0.231. The zero-order valence-electron chi connectivity index (χ0n) is 20.1.